The molecular formula is C18H21N5O4. The zero-order valence-corrected chi connectivity index (χ0v) is 15.6. The van der Waals surface area contributed by atoms with Crippen LogP contribution >= 0.6 is 0 Å². The number of carbonyl (C=O) groups excluding carboxylic acids is 1. The number of nitrogens with zero attached hydrogens (tertiary/aromatic N) is 4. The molecule has 3 aromatic heterocycles. The molecule has 9 heteroatoms. The van der Waals surface area contributed by atoms with Crippen LogP contribution in [0.3, 0.4) is 0 Å². The van der Waals surface area contributed by atoms with E-state index in [2.05, 4.69) is 10.3 Å². The van der Waals surface area contributed by atoms with Gasteiger partial charge in [-0.3, -0.25) is 23.6 Å². The lowest BCUT2D eigenvalue weighted by Crippen LogP contribution is -2.38. The third kappa shape index (κ3) is 3.41. The molecule has 3 rings (SSSR count). The van der Waals surface area contributed by atoms with Gasteiger partial charge in [0.05, 0.1) is 23.3 Å². The molecule has 27 heavy (non-hydrogen) atoms. The molecule has 0 aliphatic carbocycles. The third-order valence-electron chi connectivity index (χ3n) is 4.51. The van der Waals surface area contributed by atoms with E-state index in [-0.39, 0.29) is 28.5 Å². The van der Waals surface area contributed by atoms with Crippen molar-refractivity contribution in [2.75, 3.05) is 20.6 Å². The number of aromatic nitrogens is 3. The van der Waals surface area contributed by atoms with Gasteiger partial charge in [-0.1, -0.05) is 0 Å². The number of carbonyl (C=O) groups is 1. The van der Waals surface area contributed by atoms with Crippen LogP contribution in [0.4, 0.5) is 0 Å². The zero-order valence-electron chi connectivity index (χ0n) is 15.6. The summed E-state index contributed by atoms with van der Waals surface area (Å²) in [7, 11) is 6.70. The summed E-state index contributed by atoms with van der Waals surface area (Å²) in [6, 6.07) is 4.96. The smallest absolute Gasteiger partial charge is 0.332 e. The highest BCUT2D eigenvalue weighted by molar-refractivity contribution is 5.96. The highest BCUT2D eigenvalue weighted by atomic mass is 16.3. The maximum Gasteiger partial charge on any atom is 0.332 e. The minimum absolute atomic E-state index is 0.133. The van der Waals surface area contributed by atoms with E-state index in [9.17, 15) is 14.4 Å². The van der Waals surface area contributed by atoms with E-state index >= 15 is 0 Å². The van der Waals surface area contributed by atoms with Crippen molar-refractivity contribution < 1.29 is 9.21 Å². The molecule has 3 heterocycles. The molecule has 9 nitrogen and oxygen atoms in total. The normalized spacial score (nSPS) is 12.5. The number of hydrogen-bond donors (Lipinski definition) is 1. The Hall–Kier alpha value is -3.20. The fraction of sp³-hybridized carbons (Fsp3) is 0.333. The predicted octanol–water partition coefficient (Wildman–Crippen LogP) is 0.258. The SMILES string of the molecule is CN(C)C(CNC(=O)c1cnc2c(c1)c(=O)n(C)c(=O)n2C)c1ccco1. The summed E-state index contributed by atoms with van der Waals surface area (Å²) < 4.78 is 7.69. The summed E-state index contributed by atoms with van der Waals surface area (Å²) in [5.41, 5.74) is -0.474. The van der Waals surface area contributed by atoms with Gasteiger partial charge in [0.2, 0.25) is 0 Å². The lowest BCUT2D eigenvalue weighted by Gasteiger charge is -2.22. The van der Waals surface area contributed by atoms with Crippen molar-refractivity contribution in [3.63, 3.8) is 0 Å². The van der Waals surface area contributed by atoms with Crippen LogP contribution in [0, 0.1) is 0 Å². The van der Waals surface area contributed by atoms with Crippen LogP contribution in [0.5, 0.6) is 0 Å². The highest BCUT2D eigenvalue weighted by Crippen LogP contribution is 2.17. The van der Waals surface area contributed by atoms with Crippen molar-refractivity contribution >= 4 is 16.9 Å². The molecule has 0 radical (unpaired) electrons. The van der Waals surface area contributed by atoms with Crippen LogP contribution in [0.2, 0.25) is 0 Å². The lowest BCUT2D eigenvalue weighted by atomic mass is 10.2. The van der Waals surface area contributed by atoms with E-state index in [4.69, 9.17) is 4.42 Å². The van der Waals surface area contributed by atoms with E-state index in [1.54, 1.807) is 12.3 Å². The third-order valence-corrected chi connectivity index (χ3v) is 4.51. The Balaban J connectivity index is 1.88. The van der Waals surface area contributed by atoms with E-state index in [0.717, 1.165) is 10.3 Å². The minimum Gasteiger partial charge on any atom is -0.468 e. The largest absolute Gasteiger partial charge is 0.468 e. The number of amides is 1. The molecule has 1 amide bonds. The summed E-state index contributed by atoms with van der Waals surface area (Å²) in [5.74, 6) is 0.375. The van der Waals surface area contributed by atoms with Crippen molar-refractivity contribution in [1.29, 1.82) is 0 Å². The van der Waals surface area contributed by atoms with Gasteiger partial charge in [0.15, 0.2) is 0 Å². The number of pyridine rings is 1. The van der Waals surface area contributed by atoms with Crippen LogP contribution in [-0.4, -0.2) is 45.6 Å². The van der Waals surface area contributed by atoms with Gasteiger partial charge in [-0.2, -0.15) is 0 Å². The van der Waals surface area contributed by atoms with Crippen molar-refractivity contribution in [3.8, 4) is 0 Å². The molecule has 1 atom stereocenters. The first-order valence-electron chi connectivity index (χ1n) is 8.35. The standard InChI is InChI=1S/C18H21N5O4/c1-21(2)13(14-6-5-7-27-14)10-20-16(24)11-8-12-15(19-9-11)22(3)18(26)23(4)17(12)25/h5-9,13H,10H2,1-4H3,(H,20,24). The number of fused-ring (bicyclic) bond motifs is 1. The quantitative estimate of drug-likeness (QED) is 0.690. The van der Waals surface area contributed by atoms with Gasteiger partial charge >= 0.3 is 5.69 Å². The molecule has 1 unspecified atom stereocenters. The maximum absolute atomic E-state index is 12.6. The zero-order chi connectivity index (χ0) is 19.7. The monoisotopic (exact) mass is 371 g/mol. The van der Waals surface area contributed by atoms with E-state index in [1.807, 2.05) is 25.1 Å². The fourth-order valence-electron chi connectivity index (χ4n) is 2.90. The second kappa shape index (κ2) is 7.20. The number of furan rings is 1. The first-order chi connectivity index (χ1) is 12.8. The molecule has 0 spiro atoms. The van der Waals surface area contributed by atoms with E-state index < -0.39 is 11.2 Å². The number of aryl methyl sites for hydroxylation is 1. The topological polar surface area (TPSA) is 102 Å². The Bertz CT molecular complexity index is 1100. The number of rotatable bonds is 5. The summed E-state index contributed by atoms with van der Waals surface area (Å²) >= 11 is 0. The van der Waals surface area contributed by atoms with Gasteiger partial charge in [0.1, 0.15) is 11.4 Å². The second-order valence-electron chi connectivity index (χ2n) is 6.51. The van der Waals surface area contributed by atoms with Crippen LogP contribution in [0.15, 0.2) is 44.7 Å². The van der Waals surface area contributed by atoms with Crippen LogP contribution in [0.25, 0.3) is 11.0 Å². The maximum atomic E-state index is 12.6. The van der Waals surface area contributed by atoms with Crippen molar-refractivity contribution in [2.24, 2.45) is 14.1 Å². The lowest BCUT2D eigenvalue weighted by molar-refractivity contribution is 0.0939. The predicted molar refractivity (Wildman–Crippen MR) is 99.7 cm³/mol. The number of nitrogens with one attached hydrogen (secondary N) is 1. The van der Waals surface area contributed by atoms with E-state index in [0.29, 0.717) is 6.54 Å². The molecule has 0 fully saturated rings. The summed E-state index contributed by atoms with van der Waals surface area (Å²) in [5, 5.41) is 3.05. The Morgan fingerprint density at radius 3 is 2.67 bits per heavy atom. The molecule has 142 valence electrons. The summed E-state index contributed by atoms with van der Waals surface area (Å²) in [4.78, 5) is 42.9. The molecule has 1 N–H and O–H groups in total. The van der Waals surface area contributed by atoms with Gasteiger partial charge in [-0.15, -0.1) is 0 Å². The Morgan fingerprint density at radius 2 is 2.04 bits per heavy atom. The van der Waals surface area contributed by atoms with Crippen LogP contribution < -0.4 is 16.6 Å². The average Bonchev–Trinajstić information content (AvgIpc) is 3.18. The molecule has 3 aromatic rings. The van der Waals surface area contributed by atoms with Crippen molar-refractivity contribution in [1.82, 2.24) is 24.3 Å². The van der Waals surface area contributed by atoms with Crippen molar-refractivity contribution in [2.45, 2.75) is 6.04 Å². The van der Waals surface area contributed by atoms with Gasteiger partial charge in [-0.25, -0.2) is 9.78 Å². The molecule has 0 saturated carbocycles. The molecule has 0 saturated heterocycles. The Kier molecular flexibility index (Phi) is 4.95. The average molecular weight is 371 g/mol. The summed E-state index contributed by atoms with van der Waals surface area (Å²) in [6.45, 7) is 0.322. The Labute approximate surface area is 154 Å². The fourth-order valence-corrected chi connectivity index (χ4v) is 2.90. The van der Waals surface area contributed by atoms with Crippen LogP contribution in [0.1, 0.15) is 22.2 Å². The highest BCUT2D eigenvalue weighted by Gasteiger charge is 2.19. The number of likely N-dealkylation sites (N-methyl/N-ethyl adjacent to an activating group) is 1. The van der Waals surface area contributed by atoms with E-state index in [1.165, 1.54) is 30.9 Å². The Morgan fingerprint density at radius 1 is 1.30 bits per heavy atom. The molecular weight excluding hydrogens is 350 g/mol. The number of hydrogen-bond acceptors (Lipinski definition) is 6. The van der Waals surface area contributed by atoms with Gasteiger partial charge in [0, 0.05) is 26.8 Å². The molecule has 0 aliphatic heterocycles. The summed E-state index contributed by atoms with van der Waals surface area (Å²) in [6.07, 6.45) is 2.94. The molecule has 0 bridgehead atoms. The van der Waals surface area contributed by atoms with Gasteiger partial charge in [0.25, 0.3) is 11.5 Å². The molecule has 0 aliphatic rings. The van der Waals surface area contributed by atoms with Crippen molar-refractivity contribution in [3.05, 3.63) is 62.8 Å². The first-order valence-corrected chi connectivity index (χ1v) is 8.35. The van der Waals surface area contributed by atoms with Crippen LogP contribution in [-0.2, 0) is 14.1 Å². The molecule has 0 aromatic carbocycles. The van der Waals surface area contributed by atoms with Gasteiger partial charge in [-0.05, 0) is 32.3 Å². The minimum atomic E-state index is -0.489. The van der Waals surface area contributed by atoms with Gasteiger partial charge < -0.3 is 9.73 Å². The second-order valence-corrected chi connectivity index (χ2v) is 6.51. The first kappa shape index (κ1) is 18.6.